The van der Waals surface area contributed by atoms with Gasteiger partial charge in [0.25, 0.3) is 10.0 Å². The molecule has 1 fully saturated rings. The summed E-state index contributed by atoms with van der Waals surface area (Å²) in [6.45, 7) is -0.0257. The van der Waals surface area contributed by atoms with Crippen LogP contribution in [-0.2, 0) is 14.8 Å². The maximum Gasteiger partial charge on any atom is 0.304 e. The lowest BCUT2D eigenvalue weighted by atomic mass is 10.4. The first kappa shape index (κ1) is 14.0. The van der Waals surface area contributed by atoms with Gasteiger partial charge in [-0.25, -0.2) is 8.42 Å². The van der Waals surface area contributed by atoms with Crippen molar-refractivity contribution in [2.45, 2.75) is 29.5 Å². The first-order valence-corrected chi connectivity index (χ1v) is 7.94. The zero-order valence-electron chi connectivity index (χ0n) is 9.94. The van der Waals surface area contributed by atoms with Crippen LogP contribution in [0.4, 0.5) is 0 Å². The summed E-state index contributed by atoms with van der Waals surface area (Å²) < 4.78 is 26.1. The van der Waals surface area contributed by atoms with Crippen LogP contribution in [0.5, 0.6) is 0 Å². The van der Waals surface area contributed by atoms with Crippen LogP contribution in [-0.4, -0.2) is 36.4 Å². The van der Waals surface area contributed by atoms with E-state index in [0.717, 1.165) is 24.2 Å². The van der Waals surface area contributed by atoms with Crippen molar-refractivity contribution in [1.29, 1.82) is 5.26 Å². The highest BCUT2D eigenvalue weighted by atomic mass is 32.2. The monoisotopic (exact) mass is 300 g/mol. The number of rotatable bonds is 6. The fourth-order valence-corrected chi connectivity index (χ4v) is 4.62. The van der Waals surface area contributed by atoms with E-state index in [1.807, 2.05) is 6.07 Å². The predicted molar refractivity (Wildman–Crippen MR) is 68.2 cm³/mol. The number of sulfonamides is 1. The second-order valence-corrected chi connectivity index (χ2v) is 7.42. The van der Waals surface area contributed by atoms with E-state index in [4.69, 9.17) is 10.4 Å². The highest BCUT2D eigenvalue weighted by molar-refractivity contribution is 7.91. The molecule has 0 saturated heterocycles. The Morgan fingerprint density at radius 1 is 1.53 bits per heavy atom. The molecule has 8 heteroatoms. The number of nitrogens with zero attached hydrogens (tertiary/aromatic N) is 2. The van der Waals surface area contributed by atoms with Crippen molar-refractivity contribution in [1.82, 2.24) is 4.31 Å². The maximum absolute atomic E-state index is 12.4. The van der Waals surface area contributed by atoms with Crippen LogP contribution in [0.25, 0.3) is 0 Å². The van der Waals surface area contributed by atoms with Crippen LogP contribution in [0.2, 0.25) is 0 Å². The van der Waals surface area contributed by atoms with E-state index < -0.39 is 16.0 Å². The van der Waals surface area contributed by atoms with Gasteiger partial charge in [-0.05, 0) is 25.0 Å². The van der Waals surface area contributed by atoms with Gasteiger partial charge in [0.2, 0.25) is 0 Å². The van der Waals surface area contributed by atoms with E-state index in [-0.39, 0.29) is 23.2 Å². The Labute approximate surface area is 114 Å². The Morgan fingerprint density at radius 2 is 2.21 bits per heavy atom. The van der Waals surface area contributed by atoms with Gasteiger partial charge in [-0.1, -0.05) is 0 Å². The van der Waals surface area contributed by atoms with Crippen molar-refractivity contribution in [2.24, 2.45) is 0 Å². The minimum absolute atomic E-state index is 0.0257. The van der Waals surface area contributed by atoms with Gasteiger partial charge in [-0.2, -0.15) is 9.57 Å². The standard InChI is InChI=1S/C11H12N2O4S2/c12-7-9-3-4-11(18-9)19(16,17)13(8-1-2-8)6-5-10(14)15/h3-4,8H,1-2,5-6H2,(H,14,15). The lowest BCUT2D eigenvalue weighted by Crippen LogP contribution is -2.34. The molecule has 0 unspecified atom stereocenters. The van der Waals surface area contributed by atoms with Crippen molar-refractivity contribution in [3.8, 4) is 6.07 Å². The molecule has 0 atom stereocenters. The Morgan fingerprint density at radius 3 is 2.68 bits per heavy atom. The zero-order valence-corrected chi connectivity index (χ0v) is 11.6. The number of thiophene rings is 1. The fourth-order valence-electron chi connectivity index (χ4n) is 1.70. The second-order valence-electron chi connectivity index (χ2n) is 4.22. The van der Waals surface area contributed by atoms with Crippen LogP contribution in [0.1, 0.15) is 24.1 Å². The molecule has 1 aromatic heterocycles. The molecule has 1 aliphatic rings. The molecule has 1 aliphatic carbocycles. The predicted octanol–water partition coefficient (Wildman–Crippen LogP) is 1.25. The third-order valence-corrected chi connectivity index (χ3v) is 6.16. The summed E-state index contributed by atoms with van der Waals surface area (Å²) in [5, 5.41) is 17.4. The van der Waals surface area contributed by atoms with E-state index in [1.165, 1.54) is 16.4 Å². The molecule has 19 heavy (non-hydrogen) atoms. The van der Waals surface area contributed by atoms with Gasteiger partial charge in [0.1, 0.15) is 15.2 Å². The first-order chi connectivity index (χ1) is 8.95. The quantitative estimate of drug-likeness (QED) is 0.852. The lowest BCUT2D eigenvalue weighted by Gasteiger charge is -2.19. The lowest BCUT2D eigenvalue weighted by molar-refractivity contribution is -0.137. The SMILES string of the molecule is N#Cc1ccc(S(=O)(=O)N(CCC(=O)O)C2CC2)s1. The molecule has 0 amide bonds. The normalized spacial score (nSPS) is 15.4. The van der Waals surface area contributed by atoms with Gasteiger partial charge in [-0.15, -0.1) is 11.3 Å². The average molecular weight is 300 g/mol. The van der Waals surface area contributed by atoms with E-state index in [2.05, 4.69) is 0 Å². The van der Waals surface area contributed by atoms with Crippen LogP contribution >= 0.6 is 11.3 Å². The Bertz CT molecular complexity index is 625. The van der Waals surface area contributed by atoms with Crippen LogP contribution in [0, 0.1) is 11.3 Å². The molecule has 6 nitrogen and oxygen atoms in total. The molecule has 0 aromatic carbocycles. The number of hydrogen-bond acceptors (Lipinski definition) is 5. The summed E-state index contributed by atoms with van der Waals surface area (Å²) in [7, 11) is -3.69. The molecule has 1 aromatic rings. The molecule has 1 saturated carbocycles. The molecular weight excluding hydrogens is 288 g/mol. The summed E-state index contributed by atoms with van der Waals surface area (Å²) >= 11 is 0.909. The minimum Gasteiger partial charge on any atom is -0.481 e. The van der Waals surface area contributed by atoms with Crippen molar-refractivity contribution in [2.75, 3.05) is 6.54 Å². The van der Waals surface area contributed by atoms with Gasteiger partial charge in [0.15, 0.2) is 0 Å². The topological polar surface area (TPSA) is 98.5 Å². The van der Waals surface area contributed by atoms with Gasteiger partial charge in [0, 0.05) is 12.6 Å². The van der Waals surface area contributed by atoms with Crippen LogP contribution in [0.3, 0.4) is 0 Å². The van der Waals surface area contributed by atoms with Gasteiger partial charge in [-0.3, -0.25) is 4.79 Å². The molecular formula is C11H12N2O4S2. The Kier molecular flexibility index (Phi) is 3.89. The zero-order chi connectivity index (χ0) is 14.0. The molecule has 1 N–H and O–H groups in total. The van der Waals surface area contributed by atoms with Crippen molar-refractivity contribution in [3.05, 3.63) is 17.0 Å². The van der Waals surface area contributed by atoms with Gasteiger partial charge >= 0.3 is 5.97 Å². The van der Waals surface area contributed by atoms with Crippen LogP contribution in [0.15, 0.2) is 16.3 Å². The molecule has 0 radical (unpaired) electrons. The summed E-state index contributed by atoms with van der Waals surface area (Å²) in [6, 6.07) is 4.65. The first-order valence-electron chi connectivity index (χ1n) is 5.68. The molecule has 1 heterocycles. The number of hydrogen-bond donors (Lipinski definition) is 1. The van der Waals surface area contributed by atoms with Crippen LogP contribution < -0.4 is 0 Å². The summed E-state index contributed by atoms with van der Waals surface area (Å²) in [5.74, 6) is -1.02. The van der Waals surface area contributed by atoms with Crippen molar-refractivity contribution in [3.63, 3.8) is 0 Å². The molecule has 0 aliphatic heterocycles. The molecule has 0 spiro atoms. The smallest absolute Gasteiger partial charge is 0.304 e. The third kappa shape index (κ3) is 3.12. The second kappa shape index (κ2) is 5.28. The number of carboxylic acid groups (broad SMARTS) is 1. The van der Waals surface area contributed by atoms with E-state index in [1.54, 1.807) is 0 Å². The molecule has 0 bridgehead atoms. The number of carbonyl (C=O) groups is 1. The Balaban J connectivity index is 2.24. The largest absolute Gasteiger partial charge is 0.481 e. The number of nitriles is 1. The third-order valence-electron chi connectivity index (χ3n) is 2.75. The highest BCUT2D eigenvalue weighted by Crippen LogP contribution is 2.34. The summed E-state index contributed by atoms with van der Waals surface area (Å²) in [5.41, 5.74) is 0. The van der Waals surface area contributed by atoms with E-state index >= 15 is 0 Å². The number of carboxylic acids is 1. The van der Waals surface area contributed by atoms with E-state index in [0.29, 0.717) is 4.88 Å². The van der Waals surface area contributed by atoms with E-state index in [9.17, 15) is 13.2 Å². The highest BCUT2D eigenvalue weighted by Gasteiger charge is 2.38. The molecule has 2 rings (SSSR count). The minimum atomic E-state index is -3.69. The van der Waals surface area contributed by atoms with Gasteiger partial charge < -0.3 is 5.11 Å². The molecule has 102 valence electrons. The van der Waals surface area contributed by atoms with Crippen molar-refractivity contribution < 1.29 is 18.3 Å². The van der Waals surface area contributed by atoms with Crippen molar-refractivity contribution >= 4 is 27.3 Å². The Hall–Kier alpha value is -1.43. The average Bonchev–Trinajstić information content (AvgIpc) is 3.05. The fraction of sp³-hybridized carbons (Fsp3) is 0.455. The summed E-state index contributed by atoms with van der Waals surface area (Å²) in [6.07, 6.45) is 1.30. The maximum atomic E-state index is 12.4. The number of aliphatic carboxylic acids is 1. The summed E-state index contributed by atoms with van der Waals surface area (Å²) in [4.78, 5) is 10.9. The van der Waals surface area contributed by atoms with Gasteiger partial charge in [0.05, 0.1) is 6.42 Å².